The molecule has 0 radical (unpaired) electrons. The van der Waals surface area contributed by atoms with Crippen LogP contribution in [0.4, 0.5) is 10.1 Å². The third kappa shape index (κ3) is 6.43. The summed E-state index contributed by atoms with van der Waals surface area (Å²) in [7, 11) is 0. The molecule has 1 fully saturated rings. The van der Waals surface area contributed by atoms with Gasteiger partial charge in [0.25, 0.3) is 0 Å². The molecule has 3 atom stereocenters. The van der Waals surface area contributed by atoms with Crippen molar-refractivity contribution in [1.29, 1.82) is 0 Å². The van der Waals surface area contributed by atoms with Crippen molar-refractivity contribution in [1.82, 2.24) is 5.32 Å². The molecule has 0 aromatic heterocycles. The average Bonchev–Trinajstić information content (AvgIpc) is 3.21. The van der Waals surface area contributed by atoms with E-state index >= 15 is 0 Å². The molecule has 3 unspecified atom stereocenters. The molecule has 1 heterocycles. The van der Waals surface area contributed by atoms with Crippen LogP contribution in [0.2, 0.25) is 0 Å². The highest BCUT2D eigenvalue weighted by Crippen LogP contribution is 2.26. The second-order valence-electron chi connectivity index (χ2n) is 6.76. The van der Waals surface area contributed by atoms with Crippen molar-refractivity contribution in [2.75, 3.05) is 25.1 Å². The van der Waals surface area contributed by atoms with Gasteiger partial charge in [-0.2, -0.15) is 0 Å². The van der Waals surface area contributed by atoms with Gasteiger partial charge in [0.1, 0.15) is 24.9 Å². The normalized spacial score (nSPS) is 18.5. The lowest BCUT2D eigenvalue weighted by Gasteiger charge is -2.19. The Balaban J connectivity index is 2.04. The number of carbonyl (C=O) groups excluding carboxylic acids is 3. The number of benzene rings is 1. The second kappa shape index (κ2) is 11.3. The molecule has 1 amide bonds. The van der Waals surface area contributed by atoms with Gasteiger partial charge < -0.3 is 25.2 Å². The summed E-state index contributed by atoms with van der Waals surface area (Å²) in [4.78, 5) is 36.7. The number of ether oxygens (including phenoxy) is 2. The predicted octanol–water partition coefficient (Wildman–Crippen LogP) is 2.32. The number of hydrogen-bond donors (Lipinski definition) is 3. The number of rotatable bonds is 10. The maximum absolute atomic E-state index is 13.9. The fourth-order valence-corrected chi connectivity index (χ4v) is 3.43. The summed E-state index contributed by atoms with van der Waals surface area (Å²) >= 11 is 4.79. The first-order chi connectivity index (χ1) is 14.8. The van der Waals surface area contributed by atoms with Crippen LogP contribution in [0.3, 0.4) is 0 Å². The van der Waals surface area contributed by atoms with Crippen LogP contribution in [0.25, 0.3) is 0 Å². The van der Waals surface area contributed by atoms with E-state index in [-0.39, 0.29) is 37.4 Å². The lowest BCUT2D eigenvalue weighted by atomic mass is 9.90. The molecule has 31 heavy (non-hydrogen) atoms. The van der Waals surface area contributed by atoms with E-state index in [1.54, 1.807) is 0 Å². The van der Waals surface area contributed by atoms with Crippen LogP contribution in [-0.4, -0.2) is 53.8 Å². The van der Waals surface area contributed by atoms with Gasteiger partial charge in [0.2, 0.25) is 5.91 Å². The average molecular weight is 450 g/mol. The monoisotopic (exact) mass is 450 g/mol. The van der Waals surface area contributed by atoms with Crippen LogP contribution in [0.1, 0.15) is 16.8 Å². The number of thiocarbonyl (C=S) groups is 1. The van der Waals surface area contributed by atoms with E-state index in [1.807, 2.05) is 0 Å². The minimum absolute atomic E-state index is 0.0237. The van der Waals surface area contributed by atoms with Crippen LogP contribution in [-0.2, 0) is 19.1 Å². The highest BCUT2D eigenvalue weighted by molar-refractivity contribution is 7.80. The van der Waals surface area contributed by atoms with Gasteiger partial charge in [-0.1, -0.05) is 25.3 Å². The maximum atomic E-state index is 13.9. The topological polar surface area (TPSA) is 114 Å². The molecule has 166 valence electrons. The fourth-order valence-electron chi connectivity index (χ4n) is 3.14. The van der Waals surface area contributed by atoms with Crippen molar-refractivity contribution in [3.63, 3.8) is 0 Å². The Bertz CT molecular complexity index is 891. The van der Waals surface area contributed by atoms with Gasteiger partial charge in [-0.15, -0.1) is 0 Å². The van der Waals surface area contributed by atoms with Crippen molar-refractivity contribution < 1.29 is 33.4 Å². The fraction of sp³-hybridized carbons (Fsp3) is 0.333. The van der Waals surface area contributed by atoms with E-state index in [4.69, 9.17) is 21.7 Å². The standard InChI is InChI=1S/C21H23FN2O6S/c1-3-7-29-19(26)14-10-13(5-6-15(14)22)24-18(25)16-9-12(11-23-16)17(21(28)31)20(27)30-8-4-2/h3-6,10,12,16-17,23H,1-2,7-9,11H2,(H,24,25)(H,28,31). The first-order valence-electron chi connectivity index (χ1n) is 9.40. The quantitative estimate of drug-likeness (QED) is 0.283. The van der Waals surface area contributed by atoms with Crippen LogP contribution in [0, 0.1) is 17.7 Å². The Kier molecular flexibility index (Phi) is 8.83. The molecule has 0 saturated carbocycles. The number of anilines is 1. The van der Waals surface area contributed by atoms with Crippen LogP contribution in [0.5, 0.6) is 0 Å². The lowest BCUT2D eigenvalue weighted by Crippen LogP contribution is -2.35. The SMILES string of the molecule is C=CCOC(=O)c1cc(NC(=O)C2CC(C(C(=O)OCC=C)C(O)=S)CN2)ccc1F. The Morgan fingerprint density at radius 2 is 1.97 bits per heavy atom. The van der Waals surface area contributed by atoms with Gasteiger partial charge in [-0.05, 0) is 42.8 Å². The first kappa shape index (κ1) is 24.2. The Hall–Kier alpha value is -3.11. The van der Waals surface area contributed by atoms with Gasteiger partial charge >= 0.3 is 11.9 Å². The molecule has 1 saturated heterocycles. The van der Waals surface area contributed by atoms with Gasteiger partial charge in [0.15, 0.2) is 5.05 Å². The van der Waals surface area contributed by atoms with Crippen molar-refractivity contribution in [2.24, 2.45) is 11.8 Å². The van der Waals surface area contributed by atoms with Gasteiger partial charge in [-0.3, -0.25) is 9.59 Å². The Morgan fingerprint density at radius 1 is 1.29 bits per heavy atom. The van der Waals surface area contributed by atoms with Gasteiger partial charge in [-0.25, -0.2) is 9.18 Å². The highest BCUT2D eigenvalue weighted by atomic mass is 32.1. The van der Waals surface area contributed by atoms with Crippen molar-refractivity contribution in [3.8, 4) is 0 Å². The summed E-state index contributed by atoms with van der Waals surface area (Å²) in [5, 5.41) is 14.8. The van der Waals surface area contributed by atoms with E-state index < -0.39 is 46.6 Å². The van der Waals surface area contributed by atoms with E-state index in [0.717, 1.165) is 6.07 Å². The zero-order chi connectivity index (χ0) is 23.0. The second-order valence-corrected chi connectivity index (χ2v) is 7.18. The number of esters is 2. The summed E-state index contributed by atoms with van der Waals surface area (Å²) < 4.78 is 23.7. The molecule has 0 aliphatic carbocycles. The van der Waals surface area contributed by atoms with E-state index in [1.165, 1.54) is 24.3 Å². The molecule has 3 N–H and O–H groups in total. The third-order valence-corrected chi connectivity index (χ3v) is 4.86. The number of aliphatic hydroxyl groups excluding tert-OH is 1. The molecule has 2 rings (SSSR count). The minimum atomic E-state index is -1.06. The number of carbonyl (C=O) groups is 3. The number of hydrogen-bond acceptors (Lipinski definition) is 7. The zero-order valence-corrected chi connectivity index (χ0v) is 17.5. The van der Waals surface area contributed by atoms with Gasteiger partial charge in [0, 0.05) is 12.2 Å². The Morgan fingerprint density at radius 3 is 2.61 bits per heavy atom. The highest BCUT2D eigenvalue weighted by Gasteiger charge is 2.40. The molecule has 1 aromatic rings. The van der Waals surface area contributed by atoms with Crippen molar-refractivity contribution >= 4 is 40.8 Å². The Labute approximate surface area is 184 Å². The molecular weight excluding hydrogens is 427 g/mol. The van der Waals surface area contributed by atoms with Gasteiger partial charge in [0.05, 0.1) is 11.6 Å². The first-order valence-corrected chi connectivity index (χ1v) is 9.81. The minimum Gasteiger partial charge on any atom is -0.501 e. The van der Waals surface area contributed by atoms with Crippen molar-refractivity contribution in [2.45, 2.75) is 12.5 Å². The van der Waals surface area contributed by atoms with E-state index in [0.29, 0.717) is 0 Å². The maximum Gasteiger partial charge on any atom is 0.341 e. The van der Waals surface area contributed by atoms with Crippen LogP contribution in [0.15, 0.2) is 43.5 Å². The van der Waals surface area contributed by atoms with E-state index in [9.17, 15) is 23.9 Å². The summed E-state index contributed by atoms with van der Waals surface area (Å²) in [6.45, 7) is 7.01. The van der Waals surface area contributed by atoms with Crippen LogP contribution >= 0.6 is 12.2 Å². The smallest absolute Gasteiger partial charge is 0.341 e. The number of aliphatic hydroxyl groups is 1. The summed E-state index contributed by atoms with van der Waals surface area (Å²) in [5.41, 5.74) is -0.130. The lowest BCUT2D eigenvalue weighted by molar-refractivity contribution is -0.146. The summed E-state index contributed by atoms with van der Waals surface area (Å²) in [6, 6.07) is 2.82. The number of halogens is 1. The van der Waals surface area contributed by atoms with Crippen molar-refractivity contribution in [3.05, 3.63) is 54.9 Å². The summed E-state index contributed by atoms with van der Waals surface area (Å²) in [6.07, 6.45) is 2.95. The molecular formula is C21H23FN2O6S. The molecule has 10 heteroatoms. The molecule has 1 aliphatic heterocycles. The molecule has 8 nitrogen and oxygen atoms in total. The zero-order valence-electron chi connectivity index (χ0n) is 16.6. The number of amides is 1. The molecule has 0 bridgehead atoms. The largest absolute Gasteiger partial charge is 0.501 e. The molecule has 1 aromatic carbocycles. The predicted molar refractivity (Wildman–Crippen MR) is 115 cm³/mol. The van der Waals surface area contributed by atoms with E-state index in [2.05, 4.69) is 23.8 Å². The molecule has 0 spiro atoms. The number of nitrogens with one attached hydrogen (secondary N) is 2. The summed E-state index contributed by atoms with van der Waals surface area (Å²) in [5.74, 6) is -4.34. The molecule has 1 aliphatic rings. The van der Waals surface area contributed by atoms with Crippen LogP contribution < -0.4 is 10.6 Å². The third-order valence-electron chi connectivity index (χ3n) is 4.60.